The van der Waals surface area contributed by atoms with E-state index in [1.165, 1.54) is 11.3 Å². The zero-order valence-corrected chi connectivity index (χ0v) is 15.9. The molecule has 1 fully saturated rings. The molecule has 0 saturated carbocycles. The minimum atomic E-state index is -1.64. The summed E-state index contributed by atoms with van der Waals surface area (Å²) < 4.78 is 6.35. The number of para-hydroxylation sites is 1. The number of benzene rings is 1. The van der Waals surface area contributed by atoms with Crippen molar-refractivity contribution in [1.29, 1.82) is 0 Å². The SMILES string of the molecule is CC(C)(C)[Si](C)(C)OCCc1ccccc1N1CCNCC1. The Morgan fingerprint density at radius 2 is 1.77 bits per heavy atom. The minimum absolute atomic E-state index is 0.283. The molecule has 0 aromatic heterocycles. The molecular formula is C18H32N2OSi. The summed E-state index contributed by atoms with van der Waals surface area (Å²) in [5, 5.41) is 3.71. The summed E-state index contributed by atoms with van der Waals surface area (Å²) in [7, 11) is -1.64. The Kier molecular flexibility index (Phi) is 5.69. The number of rotatable bonds is 5. The van der Waals surface area contributed by atoms with Crippen molar-refractivity contribution in [2.75, 3.05) is 37.7 Å². The molecule has 0 aliphatic carbocycles. The quantitative estimate of drug-likeness (QED) is 0.838. The zero-order valence-electron chi connectivity index (χ0n) is 14.9. The summed E-state index contributed by atoms with van der Waals surface area (Å²) in [5.74, 6) is 0. The molecule has 1 aliphatic heterocycles. The van der Waals surface area contributed by atoms with Crippen molar-refractivity contribution in [2.24, 2.45) is 0 Å². The van der Waals surface area contributed by atoms with Crippen LogP contribution in [0.25, 0.3) is 0 Å². The van der Waals surface area contributed by atoms with E-state index in [1.807, 2.05) is 0 Å². The molecule has 124 valence electrons. The first-order valence-corrected chi connectivity index (χ1v) is 11.4. The fraction of sp³-hybridized carbons (Fsp3) is 0.667. The molecule has 1 N–H and O–H groups in total. The summed E-state index contributed by atoms with van der Waals surface area (Å²) in [4.78, 5) is 2.50. The van der Waals surface area contributed by atoms with Gasteiger partial charge in [0.05, 0.1) is 0 Å². The molecule has 1 heterocycles. The van der Waals surface area contributed by atoms with Crippen LogP contribution in [0.1, 0.15) is 26.3 Å². The van der Waals surface area contributed by atoms with Crippen LogP contribution >= 0.6 is 0 Å². The van der Waals surface area contributed by atoms with E-state index >= 15 is 0 Å². The second kappa shape index (κ2) is 7.15. The van der Waals surface area contributed by atoms with Crippen molar-refractivity contribution in [3.8, 4) is 0 Å². The smallest absolute Gasteiger partial charge is 0.191 e. The number of hydrogen-bond donors (Lipinski definition) is 1. The number of nitrogens with zero attached hydrogens (tertiary/aromatic N) is 1. The second-order valence-corrected chi connectivity index (χ2v) is 12.5. The van der Waals surface area contributed by atoms with Gasteiger partial charge in [0.2, 0.25) is 0 Å². The lowest BCUT2D eigenvalue weighted by Crippen LogP contribution is -2.44. The van der Waals surface area contributed by atoms with Crippen LogP contribution < -0.4 is 10.2 Å². The standard InChI is InChI=1S/C18H32N2OSi/c1-18(2,3)22(4,5)21-15-10-16-8-6-7-9-17(16)20-13-11-19-12-14-20/h6-9,19H,10-15H2,1-5H3. The number of nitrogens with one attached hydrogen (secondary N) is 1. The number of piperazine rings is 1. The van der Waals surface area contributed by atoms with Gasteiger partial charge in [-0.05, 0) is 36.2 Å². The average Bonchev–Trinajstić information content (AvgIpc) is 2.47. The normalized spacial score (nSPS) is 16.9. The van der Waals surface area contributed by atoms with Gasteiger partial charge in [0, 0.05) is 38.5 Å². The Morgan fingerprint density at radius 1 is 1.14 bits per heavy atom. The third-order valence-electron chi connectivity index (χ3n) is 5.09. The van der Waals surface area contributed by atoms with Gasteiger partial charge in [-0.3, -0.25) is 0 Å². The Hall–Kier alpha value is -0.843. The van der Waals surface area contributed by atoms with Gasteiger partial charge in [-0.25, -0.2) is 0 Å². The maximum Gasteiger partial charge on any atom is 0.191 e. The molecule has 4 heteroatoms. The van der Waals surface area contributed by atoms with Gasteiger partial charge in [-0.15, -0.1) is 0 Å². The summed E-state index contributed by atoms with van der Waals surface area (Å²) >= 11 is 0. The largest absolute Gasteiger partial charge is 0.416 e. The fourth-order valence-electron chi connectivity index (χ4n) is 2.57. The Morgan fingerprint density at radius 3 is 2.41 bits per heavy atom. The molecule has 0 atom stereocenters. The minimum Gasteiger partial charge on any atom is -0.416 e. The van der Waals surface area contributed by atoms with Crippen LogP contribution in [0.15, 0.2) is 24.3 Å². The van der Waals surface area contributed by atoms with Crippen LogP contribution in [0.5, 0.6) is 0 Å². The molecule has 2 rings (SSSR count). The van der Waals surface area contributed by atoms with Crippen LogP contribution in [0.2, 0.25) is 18.1 Å². The monoisotopic (exact) mass is 320 g/mol. The maximum atomic E-state index is 6.35. The average molecular weight is 321 g/mol. The van der Waals surface area contributed by atoms with Crippen molar-refractivity contribution in [3.05, 3.63) is 29.8 Å². The first-order valence-electron chi connectivity index (χ1n) is 8.49. The number of hydrogen-bond acceptors (Lipinski definition) is 3. The van der Waals surface area contributed by atoms with Crippen molar-refractivity contribution >= 4 is 14.0 Å². The van der Waals surface area contributed by atoms with Crippen molar-refractivity contribution < 1.29 is 4.43 Å². The van der Waals surface area contributed by atoms with Gasteiger partial charge >= 0.3 is 0 Å². The highest BCUT2D eigenvalue weighted by Crippen LogP contribution is 2.36. The van der Waals surface area contributed by atoms with Gasteiger partial charge in [-0.1, -0.05) is 39.0 Å². The lowest BCUT2D eigenvalue weighted by molar-refractivity contribution is 0.292. The number of anilines is 1. The van der Waals surface area contributed by atoms with E-state index < -0.39 is 8.32 Å². The molecule has 0 bridgehead atoms. The lowest BCUT2D eigenvalue weighted by atomic mass is 10.1. The molecule has 0 radical (unpaired) electrons. The molecule has 22 heavy (non-hydrogen) atoms. The Balaban J connectivity index is 1.98. The molecule has 1 aromatic rings. The predicted molar refractivity (Wildman–Crippen MR) is 98.4 cm³/mol. The molecule has 3 nitrogen and oxygen atoms in total. The molecular weight excluding hydrogens is 288 g/mol. The van der Waals surface area contributed by atoms with E-state index in [4.69, 9.17) is 4.43 Å². The lowest BCUT2D eigenvalue weighted by Gasteiger charge is -2.36. The van der Waals surface area contributed by atoms with Crippen LogP contribution in [-0.2, 0) is 10.8 Å². The highest BCUT2D eigenvalue weighted by Gasteiger charge is 2.36. The van der Waals surface area contributed by atoms with E-state index in [2.05, 4.69) is 68.3 Å². The molecule has 0 unspecified atom stereocenters. The van der Waals surface area contributed by atoms with Crippen LogP contribution in [0.3, 0.4) is 0 Å². The predicted octanol–water partition coefficient (Wildman–Crippen LogP) is 3.66. The summed E-state index contributed by atoms with van der Waals surface area (Å²) in [6.45, 7) is 16.7. The zero-order chi connectivity index (χ0) is 16.2. The van der Waals surface area contributed by atoms with Crippen LogP contribution in [0.4, 0.5) is 5.69 Å². The van der Waals surface area contributed by atoms with Crippen molar-refractivity contribution in [3.63, 3.8) is 0 Å². The molecule has 1 aromatic carbocycles. The highest BCUT2D eigenvalue weighted by atomic mass is 28.4. The highest BCUT2D eigenvalue weighted by molar-refractivity contribution is 6.74. The topological polar surface area (TPSA) is 24.5 Å². The van der Waals surface area contributed by atoms with E-state index in [0.29, 0.717) is 0 Å². The first-order chi connectivity index (χ1) is 10.3. The van der Waals surface area contributed by atoms with Gasteiger partial charge in [0.25, 0.3) is 0 Å². The van der Waals surface area contributed by atoms with E-state index in [1.54, 1.807) is 0 Å². The van der Waals surface area contributed by atoms with Crippen LogP contribution in [-0.4, -0.2) is 41.1 Å². The van der Waals surface area contributed by atoms with E-state index in [0.717, 1.165) is 39.2 Å². The van der Waals surface area contributed by atoms with Crippen molar-refractivity contribution in [2.45, 2.75) is 45.3 Å². The Labute approximate surface area is 137 Å². The Bertz CT molecular complexity index is 476. The third-order valence-corrected chi connectivity index (χ3v) is 9.63. The van der Waals surface area contributed by atoms with E-state index in [9.17, 15) is 0 Å². The van der Waals surface area contributed by atoms with Gasteiger partial charge in [0.1, 0.15) is 0 Å². The summed E-state index contributed by atoms with van der Waals surface area (Å²) in [5.41, 5.74) is 2.81. The summed E-state index contributed by atoms with van der Waals surface area (Å²) in [6.07, 6.45) is 1.01. The van der Waals surface area contributed by atoms with Crippen LogP contribution in [0, 0.1) is 0 Å². The van der Waals surface area contributed by atoms with Gasteiger partial charge in [0.15, 0.2) is 8.32 Å². The second-order valence-electron chi connectivity index (χ2n) is 7.72. The molecule has 0 amide bonds. The van der Waals surface area contributed by atoms with E-state index in [-0.39, 0.29) is 5.04 Å². The molecule has 1 aliphatic rings. The maximum absolute atomic E-state index is 6.35. The molecule has 0 spiro atoms. The molecule has 1 saturated heterocycles. The van der Waals surface area contributed by atoms with Gasteiger partial charge < -0.3 is 14.6 Å². The van der Waals surface area contributed by atoms with Crippen molar-refractivity contribution in [1.82, 2.24) is 5.32 Å². The first kappa shape index (κ1) is 17.5. The fourth-order valence-corrected chi connectivity index (χ4v) is 3.61. The third kappa shape index (κ3) is 4.34. The summed E-state index contributed by atoms with van der Waals surface area (Å²) in [6, 6.07) is 8.81. The van der Waals surface area contributed by atoms with Gasteiger partial charge in [-0.2, -0.15) is 0 Å².